The number of imidazole rings is 1. The first kappa shape index (κ1) is 17.8. The van der Waals surface area contributed by atoms with Gasteiger partial charge in [0.25, 0.3) is 0 Å². The van der Waals surface area contributed by atoms with Crippen LogP contribution in [0.4, 0.5) is 0 Å². The number of hydrogen-bond acceptors (Lipinski definition) is 5. The fourth-order valence-electron chi connectivity index (χ4n) is 2.38. The molecule has 0 fully saturated rings. The second-order valence-electron chi connectivity index (χ2n) is 5.56. The Labute approximate surface area is 155 Å². The van der Waals surface area contributed by atoms with Crippen LogP contribution in [0.25, 0.3) is 11.0 Å². The normalized spacial score (nSPS) is 11.0. The molecule has 0 saturated heterocycles. The third-order valence-corrected chi connectivity index (χ3v) is 5.75. The van der Waals surface area contributed by atoms with Gasteiger partial charge in [-0.1, -0.05) is 23.9 Å². The summed E-state index contributed by atoms with van der Waals surface area (Å²) in [4.78, 5) is 24.6. The van der Waals surface area contributed by atoms with Crippen molar-refractivity contribution in [2.75, 3.05) is 12.3 Å². The first-order chi connectivity index (χ1) is 12.1. The van der Waals surface area contributed by atoms with Crippen LogP contribution in [0.2, 0.25) is 0 Å². The Morgan fingerprint density at radius 3 is 2.88 bits per heavy atom. The second kappa shape index (κ2) is 8.40. The number of H-pyrrole nitrogens is 1. The van der Waals surface area contributed by atoms with Crippen molar-refractivity contribution >= 4 is 40.5 Å². The fourth-order valence-corrected chi connectivity index (χ4v) is 4.21. The van der Waals surface area contributed by atoms with Gasteiger partial charge in [0.2, 0.25) is 5.91 Å². The molecule has 25 heavy (non-hydrogen) atoms. The molecule has 1 amide bonds. The molecule has 0 bridgehead atoms. The first-order valence-electron chi connectivity index (χ1n) is 8.03. The third kappa shape index (κ3) is 4.76. The molecule has 0 aliphatic heterocycles. The third-order valence-electron chi connectivity index (χ3n) is 3.71. The molecule has 1 aromatic carbocycles. The molecule has 0 aliphatic carbocycles. The average molecular weight is 373 g/mol. The van der Waals surface area contributed by atoms with E-state index >= 15 is 0 Å². The lowest BCUT2D eigenvalue weighted by atomic mass is 10.2. The van der Waals surface area contributed by atoms with Crippen LogP contribution in [0.1, 0.15) is 18.2 Å². The standard InChI is InChI=1S/C18H20N4OS2/c1-12-16(20-8-7-17(12)24-10-9-19-13(2)23)11-25-18-21-14-5-3-4-6-15(14)22-18/h3-8H,9-11H2,1-2H3,(H,19,23)(H,21,22). The van der Waals surface area contributed by atoms with Gasteiger partial charge in [0.15, 0.2) is 5.16 Å². The van der Waals surface area contributed by atoms with Crippen LogP contribution in [0, 0.1) is 6.92 Å². The topological polar surface area (TPSA) is 70.7 Å². The number of aromatic nitrogens is 3. The minimum absolute atomic E-state index is 0.00924. The minimum atomic E-state index is 0.00924. The fraction of sp³-hybridized carbons (Fsp3) is 0.278. The number of carbonyl (C=O) groups is 1. The smallest absolute Gasteiger partial charge is 0.216 e. The number of thioether (sulfide) groups is 2. The molecule has 2 aromatic heterocycles. The molecule has 0 atom stereocenters. The summed E-state index contributed by atoms with van der Waals surface area (Å²) in [5.41, 5.74) is 4.29. The van der Waals surface area contributed by atoms with Crippen molar-refractivity contribution in [1.29, 1.82) is 0 Å². The monoisotopic (exact) mass is 372 g/mol. The van der Waals surface area contributed by atoms with Crippen molar-refractivity contribution in [3.05, 3.63) is 47.8 Å². The number of nitrogens with one attached hydrogen (secondary N) is 2. The van der Waals surface area contributed by atoms with Gasteiger partial charge in [-0.3, -0.25) is 9.78 Å². The van der Waals surface area contributed by atoms with E-state index in [0.29, 0.717) is 6.54 Å². The van der Waals surface area contributed by atoms with Gasteiger partial charge in [-0.2, -0.15) is 0 Å². The van der Waals surface area contributed by atoms with Gasteiger partial charge in [0.1, 0.15) is 0 Å². The summed E-state index contributed by atoms with van der Waals surface area (Å²) in [5.74, 6) is 1.63. The van der Waals surface area contributed by atoms with Gasteiger partial charge < -0.3 is 10.3 Å². The largest absolute Gasteiger partial charge is 0.356 e. The Balaban J connectivity index is 1.62. The van der Waals surface area contributed by atoms with Crippen LogP contribution in [-0.4, -0.2) is 33.2 Å². The molecule has 0 radical (unpaired) electrons. The van der Waals surface area contributed by atoms with Crippen molar-refractivity contribution in [3.63, 3.8) is 0 Å². The predicted octanol–water partition coefficient (Wildman–Crippen LogP) is 3.79. The highest BCUT2D eigenvalue weighted by Gasteiger charge is 2.09. The van der Waals surface area contributed by atoms with E-state index in [4.69, 9.17) is 0 Å². The molecule has 7 heteroatoms. The number of carbonyl (C=O) groups excluding carboxylic acids is 1. The zero-order valence-corrected chi connectivity index (χ0v) is 15.8. The lowest BCUT2D eigenvalue weighted by Crippen LogP contribution is -2.22. The summed E-state index contributed by atoms with van der Waals surface area (Å²) in [7, 11) is 0. The Kier molecular flexibility index (Phi) is 5.99. The lowest BCUT2D eigenvalue weighted by Gasteiger charge is -2.09. The number of pyridine rings is 1. The summed E-state index contributed by atoms with van der Waals surface area (Å²) < 4.78 is 0. The summed E-state index contributed by atoms with van der Waals surface area (Å²) in [6.45, 7) is 4.31. The number of fused-ring (bicyclic) bond motifs is 1. The number of amides is 1. The van der Waals surface area contributed by atoms with Crippen LogP contribution >= 0.6 is 23.5 Å². The van der Waals surface area contributed by atoms with Gasteiger partial charge in [-0.05, 0) is 30.7 Å². The summed E-state index contributed by atoms with van der Waals surface area (Å²) in [6, 6.07) is 10.1. The highest BCUT2D eigenvalue weighted by molar-refractivity contribution is 7.99. The summed E-state index contributed by atoms with van der Waals surface area (Å²) in [6.07, 6.45) is 1.85. The number of nitrogens with zero attached hydrogens (tertiary/aromatic N) is 2. The maximum absolute atomic E-state index is 10.9. The quantitative estimate of drug-likeness (QED) is 0.488. The van der Waals surface area contributed by atoms with Gasteiger partial charge >= 0.3 is 0 Å². The van der Waals surface area contributed by atoms with Gasteiger partial charge in [0.05, 0.1) is 16.7 Å². The Morgan fingerprint density at radius 1 is 1.24 bits per heavy atom. The van der Waals surface area contributed by atoms with E-state index in [1.54, 1.807) is 23.5 Å². The Bertz CT molecular complexity index is 845. The van der Waals surface area contributed by atoms with Crippen molar-refractivity contribution < 1.29 is 4.79 Å². The Hall–Kier alpha value is -1.99. The highest BCUT2D eigenvalue weighted by atomic mass is 32.2. The molecule has 0 aliphatic rings. The van der Waals surface area contributed by atoms with E-state index in [1.807, 2.05) is 36.5 Å². The first-order valence-corrected chi connectivity index (χ1v) is 10.00. The molecule has 130 valence electrons. The summed E-state index contributed by atoms with van der Waals surface area (Å²) in [5, 5.41) is 3.73. The number of hydrogen-bond donors (Lipinski definition) is 2. The predicted molar refractivity (Wildman–Crippen MR) is 104 cm³/mol. The van der Waals surface area contributed by atoms with Crippen LogP contribution in [0.5, 0.6) is 0 Å². The van der Waals surface area contributed by atoms with Gasteiger partial charge in [0, 0.05) is 36.1 Å². The van der Waals surface area contributed by atoms with E-state index in [1.165, 1.54) is 17.4 Å². The molecular weight excluding hydrogens is 352 g/mol. The van der Waals surface area contributed by atoms with Crippen molar-refractivity contribution in [3.8, 4) is 0 Å². The molecule has 3 rings (SSSR count). The van der Waals surface area contributed by atoms with E-state index in [2.05, 4.69) is 27.2 Å². The average Bonchev–Trinajstić information content (AvgIpc) is 3.01. The molecule has 3 aromatic rings. The molecule has 2 N–H and O–H groups in total. The van der Waals surface area contributed by atoms with E-state index in [0.717, 1.165) is 33.4 Å². The number of benzene rings is 1. The summed E-state index contributed by atoms with van der Waals surface area (Å²) >= 11 is 3.40. The van der Waals surface area contributed by atoms with Crippen molar-refractivity contribution in [1.82, 2.24) is 20.3 Å². The van der Waals surface area contributed by atoms with Gasteiger partial charge in [-0.15, -0.1) is 11.8 Å². The van der Waals surface area contributed by atoms with Crippen LogP contribution in [0.3, 0.4) is 0 Å². The van der Waals surface area contributed by atoms with E-state index < -0.39 is 0 Å². The zero-order chi connectivity index (χ0) is 17.6. The maximum atomic E-state index is 10.9. The number of para-hydroxylation sites is 2. The Morgan fingerprint density at radius 2 is 2.08 bits per heavy atom. The SMILES string of the molecule is CC(=O)NCCSc1ccnc(CSc2nc3ccccc3[nH]2)c1C. The minimum Gasteiger partial charge on any atom is -0.356 e. The van der Waals surface area contributed by atoms with Crippen molar-refractivity contribution in [2.45, 2.75) is 29.7 Å². The molecule has 5 nitrogen and oxygen atoms in total. The second-order valence-corrected chi connectivity index (χ2v) is 7.66. The molecule has 0 spiro atoms. The van der Waals surface area contributed by atoms with Crippen LogP contribution < -0.4 is 5.32 Å². The number of aromatic amines is 1. The van der Waals surface area contributed by atoms with Crippen LogP contribution in [0.15, 0.2) is 46.6 Å². The van der Waals surface area contributed by atoms with Gasteiger partial charge in [-0.25, -0.2) is 4.98 Å². The molecule has 0 saturated carbocycles. The molecule has 2 heterocycles. The number of rotatable bonds is 7. The van der Waals surface area contributed by atoms with Crippen LogP contribution in [-0.2, 0) is 10.5 Å². The van der Waals surface area contributed by atoms with E-state index in [-0.39, 0.29) is 5.91 Å². The lowest BCUT2D eigenvalue weighted by molar-refractivity contribution is -0.118. The highest BCUT2D eigenvalue weighted by Crippen LogP contribution is 2.28. The van der Waals surface area contributed by atoms with E-state index in [9.17, 15) is 4.79 Å². The van der Waals surface area contributed by atoms with Crippen molar-refractivity contribution in [2.24, 2.45) is 0 Å². The molecular formula is C18H20N4OS2. The maximum Gasteiger partial charge on any atom is 0.216 e. The molecule has 0 unspecified atom stereocenters. The zero-order valence-electron chi connectivity index (χ0n) is 14.2.